The van der Waals surface area contributed by atoms with Crippen molar-refractivity contribution in [3.63, 3.8) is 0 Å². The van der Waals surface area contributed by atoms with Crippen LogP contribution in [0.3, 0.4) is 0 Å². The van der Waals surface area contributed by atoms with E-state index in [1.807, 2.05) is 0 Å². The van der Waals surface area contributed by atoms with Gasteiger partial charge < -0.3 is 29.5 Å². The van der Waals surface area contributed by atoms with E-state index in [0.717, 1.165) is 44.9 Å². The van der Waals surface area contributed by atoms with Crippen LogP contribution in [0.25, 0.3) is 0 Å². The van der Waals surface area contributed by atoms with Gasteiger partial charge in [0.1, 0.15) is 23.9 Å². The van der Waals surface area contributed by atoms with Crippen molar-refractivity contribution in [1.82, 2.24) is 0 Å². The summed E-state index contributed by atoms with van der Waals surface area (Å²) in [7, 11) is 0. The Balaban J connectivity index is 1.16. The van der Waals surface area contributed by atoms with E-state index in [1.54, 1.807) is 0 Å². The monoisotopic (exact) mass is 588 g/mol. The molecule has 42 heavy (non-hydrogen) atoms. The molecule has 15 atom stereocenters. The van der Waals surface area contributed by atoms with Crippen LogP contribution in [0.4, 0.5) is 0 Å². The summed E-state index contributed by atoms with van der Waals surface area (Å²) < 4.78 is 18.3. The van der Waals surface area contributed by atoms with Crippen LogP contribution in [-0.2, 0) is 19.0 Å². The lowest BCUT2D eigenvalue weighted by atomic mass is 9.30. The van der Waals surface area contributed by atoms with E-state index in [2.05, 4.69) is 48.5 Å². The largest absolute Gasteiger partial charge is 0.459 e. The molecule has 7 heteroatoms. The Labute approximate surface area is 252 Å². The maximum atomic E-state index is 13.6. The second kappa shape index (κ2) is 9.18. The molecule has 0 aromatic heterocycles. The van der Waals surface area contributed by atoms with Crippen LogP contribution in [0.1, 0.15) is 113 Å². The van der Waals surface area contributed by atoms with Crippen LogP contribution in [0.2, 0.25) is 0 Å². The van der Waals surface area contributed by atoms with Gasteiger partial charge in [0.05, 0.1) is 18.1 Å². The van der Waals surface area contributed by atoms with Crippen molar-refractivity contribution in [2.24, 2.45) is 56.7 Å². The number of carbonyl (C=O) groups excluding carboxylic acids is 1. The highest BCUT2D eigenvalue weighted by atomic mass is 16.7. The lowest BCUT2D eigenvalue weighted by Crippen LogP contribution is -2.72. The average molecular weight is 589 g/mol. The van der Waals surface area contributed by atoms with Gasteiger partial charge in [-0.1, -0.05) is 41.5 Å². The van der Waals surface area contributed by atoms with Crippen LogP contribution >= 0.6 is 0 Å². The molecule has 2 bridgehead atoms. The first-order valence-electron chi connectivity index (χ1n) is 17.1. The van der Waals surface area contributed by atoms with Crippen LogP contribution in [0, 0.1) is 56.7 Å². The van der Waals surface area contributed by atoms with Crippen molar-refractivity contribution in [3.05, 3.63) is 0 Å². The molecule has 7 nitrogen and oxygen atoms in total. The van der Waals surface area contributed by atoms with Gasteiger partial charge in [-0.2, -0.15) is 0 Å². The Morgan fingerprint density at radius 1 is 0.786 bits per heavy atom. The summed E-state index contributed by atoms with van der Waals surface area (Å²) in [5, 5.41) is 30.8. The predicted octanol–water partition coefficient (Wildman–Crippen LogP) is 5.23. The molecule has 5 aliphatic carbocycles. The van der Waals surface area contributed by atoms with E-state index >= 15 is 0 Å². The Bertz CT molecular complexity index is 1120. The van der Waals surface area contributed by atoms with Crippen molar-refractivity contribution in [2.45, 2.75) is 149 Å². The lowest BCUT2D eigenvalue weighted by Gasteiger charge is -2.75. The Morgan fingerprint density at radius 2 is 1.50 bits per heavy atom. The number of fused-ring (bicyclic) bond motifs is 7. The third-order valence-corrected chi connectivity index (χ3v) is 16.1. The zero-order valence-electron chi connectivity index (χ0n) is 27.0. The zero-order chi connectivity index (χ0) is 30.3. The van der Waals surface area contributed by atoms with Crippen LogP contribution in [0.15, 0.2) is 0 Å². The Hall–Kier alpha value is -0.730. The molecule has 3 saturated heterocycles. The van der Waals surface area contributed by atoms with E-state index < -0.39 is 24.6 Å². The number of aliphatic hydroxyl groups excluding tert-OH is 3. The van der Waals surface area contributed by atoms with Crippen molar-refractivity contribution in [2.75, 3.05) is 6.61 Å². The second-order valence-electron chi connectivity index (χ2n) is 17.6. The highest BCUT2D eigenvalue weighted by molar-refractivity contribution is 5.80. The van der Waals surface area contributed by atoms with Crippen LogP contribution in [-0.4, -0.2) is 64.2 Å². The fourth-order valence-corrected chi connectivity index (χ4v) is 13.3. The van der Waals surface area contributed by atoms with Gasteiger partial charge in [-0.05, 0) is 122 Å². The summed E-state index contributed by atoms with van der Waals surface area (Å²) in [6, 6.07) is 0. The van der Waals surface area contributed by atoms with Crippen molar-refractivity contribution >= 4 is 5.97 Å². The molecule has 238 valence electrons. The number of aliphatic hydroxyl groups is 3. The predicted molar refractivity (Wildman–Crippen MR) is 157 cm³/mol. The maximum Gasteiger partial charge on any atom is 0.312 e. The number of ether oxygens (including phenoxy) is 3. The summed E-state index contributed by atoms with van der Waals surface area (Å²) in [4.78, 5) is 13.6. The molecule has 8 aliphatic rings. The first-order chi connectivity index (χ1) is 19.6. The van der Waals surface area contributed by atoms with Gasteiger partial charge in [-0.25, -0.2) is 0 Å². The molecule has 8 rings (SSSR count). The Kier molecular flexibility index (Phi) is 6.54. The van der Waals surface area contributed by atoms with Gasteiger partial charge in [0, 0.05) is 0 Å². The summed E-state index contributed by atoms with van der Waals surface area (Å²) in [6.07, 6.45) is 6.28. The van der Waals surface area contributed by atoms with Crippen LogP contribution in [0.5, 0.6) is 0 Å². The van der Waals surface area contributed by atoms with Gasteiger partial charge in [0.25, 0.3) is 0 Å². The number of rotatable bonds is 2. The number of hydrogen-bond donors (Lipinski definition) is 3. The topological polar surface area (TPSA) is 105 Å². The van der Waals surface area contributed by atoms with E-state index in [9.17, 15) is 20.1 Å². The SMILES string of the molecule is C[C@H]1[C@H]2[C@H]3CC[C@@H]4[C@@]5(C)CC[C@H](O[C@@H]6OC[C@H](O)[C@H](O)[C@H]6O)C(C)(C)[C@@H]5CC[C@@]4(C)[C@]3(C)CC[C@@]23CC[C@]1(C)OC3=O. The molecule has 0 aromatic rings. The average Bonchev–Trinajstić information content (AvgIpc) is 2.92. The van der Waals surface area contributed by atoms with E-state index in [0.29, 0.717) is 29.6 Å². The molecule has 3 aliphatic heterocycles. The lowest BCUT2D eigenvalue weighted by molar-refractivity contribution is -0.315. The van der Waals surface area contributed by atoms with Crippen molar-refractivity contribution in [1.29, 1.82) is 0 Å². The first-order valence-corrected chi connectivity index (χ1v) is 17.1. The third-order valence-electron chi connectivity index (χ3n) is 16.1. The summed E-state index contributed by atoms with van der Waals surface area (Å²) in [6.45, 7) is 17.1. The first kappa shape index (κ1) is 30.0. The zero-order valence-corrected chi connectivity index (χ0v) is 27.0. The van der Waals surface area contributed by atoms with Gasteiger partial charge in [-0.15, -0.1) is 0 Å². The molecule has 0 aromatic carbocycles. The minimum Gasteiger partial charge on any atom is -0.459 e. The van der Waals surface area contributed by atoms with Crippen molar-refractivity contribution in [3.8, 4) is 0 Å². The molecule has 3 heterocycles. The van der Waals surface area contributed by atoms with Crippen molar-refractivity contribution < 1.29 is 34.3 Å². The molecule has 1 spiro atoms. The number of carbonyl (C=O) groups is 1. The highest BCUT2D eigenvalue weighted by Gasteiger charge is 2.74. The smallest absolute Gasteiger partial charge is 0.312 e. The summed E-state index contributed by atoms with van der Waals surface area (Å²) in [5.74, 6) is 2.60. The van der Waals surface area contributed by atoms with Crippen LogP contribution < -0.4 is 0 Å². The minimum atomic E-state index is -1.26. The summed E-state index contributed by atoms with van der Waals surface area (Å²) in [5.41, 5.74) is -0.0906. The molecule has 0 amide bonds. The fraction of sp³-hybridized carbons (Fsp3) is 0.971. The quantitative estimate of drug-likeness (QED) is 0.300. The standard InChI is InChI=1S/C35H56O7/c1-19-25-20-8-9-23-31(4)12-11-24(41-28-27(38)26(37)21(36)18-40-28)30(2,3)22(31)10-13-33(23,6)32(20,5)14-16-35(25)17-15-34(19,7)42-29(35)39/h19-28,36-38H,8-18H2,1-7H3/t19-,20+,21-,22-,23+,24-,25-,26-,27+,28-,31-,32+,33+,34-,35+/m0/s1. The number of hydrogen-bond acceptors (Lipinski definition) is 7. The Morgan fingerprint density at radius 3 is 2.21 bits per heavy atom. The molecule has 8 fully saturated rings. The normalized spacial score (nSPS) is 60.0. The van der Waals surface area contributed by atoms with E-state index in [-0.39, 0.29) is 51.4 Å². The molecule has 0 unspecified atom stereocenters. The van der Waals surface area contributed by atoms with Gasteiger partial charge in [-0.3, -0.25) is 4.79 Å². The molecule has 5 saturated carbocycles. The minimum absolute atomic E-state index is 0.0326. The van der Waals surface area contributed by atoms with Gasteiger partial charge in [0.15, 0.2) is 6.29 Å². The molecule has 0 radical (unpaired) electrons. The number of esters is 1. The molecular formula is C35H56O7. The van der Waals surface area contributed by atoms with E-state index in [1.165, 1.54) is 19.3 Å². The molecule has 3 N–H and O–H groups in total. The highest BCUT2D eigenvalue weighted by Crippen LogP contribution is 2.78. The maximum absolute atomic E-state index is 13.6. The fourth-order valence-electron chi connectivity index (χ4n) is 13.3. The third kappa shape index (κ3) is 3.55. The summed E-state index contributed by atoms with van der Waals surface area (Å²) >= 11 is 0. The van der Waals surface area contributed by atoms with Gasteiger partial charge in [0.2, 0.25) is 0 Å². The van der Waals surface area contributed by atoms with E-state index in [4.69, 9.17) is 14.2 Å². The molecular weight excluding hydrogens is 532 g/mol. The van der Waals surface area contributed by atoms with Gasteiger partial charge >= 0.3 is 5.97 Å². The second-order valence-corrected chi connectivity index (χ2v) is 17.6.